The van der Waals surface area contributed by atoms with Gasteiger partial charge in [0.05, 0.1) is 6.33 Å². The van der Waals surface area contributed by atoms with Gasteiger partial charge in [-0.3, -0.25) is 0 Å². The molecule has 0 atom stereocenters. The summed E-state index contributed by atoms with van der Waals surface area (Å²) in [6.07, 6.45) is 6.81. The molecule has 0 saturated heterocycles. The standard InChI is InChI=1S/C9H17N3/c1-9(2,4-5-10-3)12-7-6-11-8-12/h6-8,10H,4-5H2,1-3H3. The molecule has 1 rings (SSSR count). The van der Waals surface area contributed by atoms with Gasteiger partial charge in [0.25, 0.3) is 0 Å². The van der Waals surface area contributed by atoms with Crippen molar-refractivity contribution in [1.29, 1.82) is 0 Å². The highest BCUT2D eigenvalue weighted by Crippen LogP contribution is 2.17. The first-order valence-electron chi connectivity index (χ1n) is 4.30. The van der Waals surface area contributed by atoms with E-state index in [-0.39, 0.29) is 5.54 Å². The average molecular weight is 167 g/mol. The van der Waals surface area contributed by atoms with E-state index in [4.69, 9.17) is 0 Å². The van der Waals surface area contributed by atoms with E-state index < -0.39 is 0 Å². The zero-order chi connectivity index (χ0) is 9.03. The van der Waals surface area contributed by atoms with Crippen LogP contribution in [0, 0.1) is 0 Å². The summed E-state index contributed by atoms with van der Waals surface area (Å²) in [7, 11) is 1.98. The summed E-state index contributed by atoms with van der Waals surface area (Å²) in [5.41, 5.74) is 0.166. The van der Waals surface area contributed by atoms with Gasteiger partial charge in [0, 0.05) is 17.9 Å². The van der Waals surface area contributed by atoms with Crippen LogP contribution < -0.4 is 5.32 Å². The number of hydrogen-bond donors (Lipinski definition) is 1. The smallest absolute Gasteiger partial charge is 0.0950 e. The summed E-state index contributed by atoms with van der Waals surface area (Å²) in [6, 6.07) is 0. The fourth-order valence-electron chi connectivity index (χ4n) is 1.18. The molecular formula is C9H17N3. The largest absolute Gasteiger partial charge is 0.332 e. The zero-order valence-corrected chi connectivity index (χ0v) is 8.04. The molecular weight excluding hydrogens is 150 g/mol. The predicted molar refractivity (Wildman–Crippen MR) is 50.1 cm³/mol. The molecule has 0 aliphatic rings. The highest BCUT2D eigenvalue weighted by atomic mass is 15.1. The Hall–Kier alpha value is -0.830. The SMILES string of the molecule is CNCCC(C)(C)n1ccnc1. The van der Waals surface area contributed by atoms with Gasteiger partial charge in [-0.05, 0) is 33.9 Å². The van der Waals surface area contributed by atoms with E-state index in [0.717, 1.165) is 13.0 Å². The second-order valence-electron chi connectivity index (χ2n) is 3.64. The van der Waals surface area contributed by atoms with Crippen molar-refractivity contribution in [1.82, 2.24) is 14.9 Å². The summed E-state index contributed by atoms with van der Waals surface area (Å²) >= 11 is 0. The summed E-state index contributed by atoms with van der Waals surface area (Å²) in [5, 5.41) is 3.15. The monoisotopic (exact) mass is 167 g/mol. The van der Waals surface area contributed by atoms with Gasteiger partial charge >= 0.3 is 0 Å². The maximum absolute atomic E-state index is 4.04. The van der Waals surface area contributed by atoms with Gasteiger partial charge in [0.2, 0.25) is 0 Å². The molecule has 0 saturated carbocycles. The summed E-state index contributed by atoms with van der Waals surface area (Å²) < 4.78 is 2.14. The molecule has 12 heavy (non-hydrogen) atoms. The van der Waals surface area contributed by atoms with E-state index >= 15 is 0 Å². The second kappa shape index (κ2) is 3.72. The van der Waals surface area contributed by atoms with Crippen molar-refractivity contribution < 1.29 is 0 Å². The third-order valence-corrected chi connectivity index (χ3v) is 2.19. The third-order valence-electron chi connectivity index (χ3n) is 2.19. The quantitative estimate of drug-likeness (QED) is 0.731. The lowest BCUT2D eigenvalue weighted by atomic mass is 10.0. The molecule has 3 nitrogen and oxygen atoms in total. The van der Waals surface area contributed by atoms with E-state index in [2.05, 4.69) is 28.7 Å². The molecule has 1 aromatic rings. The molecule has 1 N–H and O–H groups in total. The Labute approximate surface area is 73.8 Å². The Morgan fingerprint density at radius 3 is 2.75 bits per heavy atom. The number of hydrogen-bond acceptors (Lipinski definition) is 2. The van der Waals surface area contributed by atoms with Crippen LogP contribution in [0.25, 0.3) is 0 Å². The number of aromatic nitrogens is 2. The van der Waals surface area contributed by atoms with Crippen LogP contribution >= 0.6 is 0 Å². The molecule has 0 aromatic carbocycles. The normalized spacial score (nSPS) is 11.9. The highest BCUT2D eigenvalue weighted by molar-refractivity contribution is 4.86. The first-order valence-corrected chi connectivity index (χ1v) is 4.30. The van der Waals surface area contributed by atoms with Crippen LogP contribution in [0.1, 0.15) is 20.3 Å². The highest BCUT2D eigenvalue weighted by Gasteiger charge is 2.17. The molecule has 3 heteroatoms. The summed E-state index contributed by atoms with van der Waals surface area (Å²) in [5.74, 6) is 0. The molecule has 1 aromatic heterocycles. The van der Waals surface area contributed by atoms with Crippen LogP contribution in [-0.2, 0) is 5.54 Å². The third kappa shape index (κ3) is 2.08. The van der Waals surface area contributed by atoms with Gasteiger partial charge < -0.3 is 9.88 Å². The van der Waals surface area contributed by atoms with Crippen LogP contribution in [0.5, 0.6) is 0 Å². The van der Waals surface area contributed by atoms with Gasteiger partial charge in [-0.25, -0.2) is 4.98 Å². The summed E-state index contributed by atoms with van der Waals surface area (Å²) in [4.78, 5) is 4.04. The van der Waals surface area contributed by atoms with E-state index in [1.54, 1.807) is 0 Å². The second-order valence-corrected chi connectivity index (χ2v) is 3.64. The molecule has 0 fully saturated rings. The minimum Gasteiger partial charge on any atom is -0.332 e. The van der Waals surface area contributed by atoms with Crippen molar-refractivity contribution >= 4 is 0 Å². The van der Waals surface area contributed by atoms with Gasteiger partial charge in [-0.2, -0.15) is 0 Å². The maximum atomic E-state index is 4.04. The number of nitrogens with one attached hydrogen (secondary N) is 1. The van der Waals surface area contributed by atoms with Crippen LogP contribution in [0.3, 0.4) is 0 Å². The van der Waals surface area contributed by atoms with Crippen LogP contribution in [-0.4, -0.2) is 23.1 Å². The van der Waals surface area contributed by atoms with E-state index in [1.807, 2.05) is 25.8 Å². The summed E-state index contributed by atoms with van der Waals surface area (Å²) in [6.45, 7) is 5.46. The fourth-order valence-corrected chi connectivity index (χ4v) is 1.18. The van der Waals surface area contributed by atoms with Crippen molar-refractivity contribution in [2.75, 3.05) is 13.6 Å². The molecule has 0 spiro atoms. The van der Waals surface area contributed by atoms with Crippen LogP contribution in [0.2, 0.25) is 0 Å². The maximum Gasteiger partial charge on any atom is 0.0950 e. The lowest BCUT2D eigenvalue weighted by Crippen LogP contribution is -2.29. The molecule has 68 valence electrons. The average Bonchev–Trinajstić information content (AvgIpc) is 2.53. The van der Waals surface area contributed by atoms with E-state index in [9.17, 15) is 0 Å². The van der Waals surface area contributed by atoms with Crippen molar-refractivity contribution in [2.24, 2.45) is 0 Å². The topological polar surface area (TPSA) is 29.9 Å². The molecule has 0 aliphatic carbocycles. The minimum atomic E-state index is 0.166. The van der Waals surface area contributed by atoms with Crippen molar-refractivity contribution in [3.8, 4) is 0 Å². The first-order chi connectivity index (χ1) is 5.67. The van der Waals surface area contributed by atoms with Crippen molar-refractivity contribution in [3.63, 3.8) is 0 Å². The number of rotatable bonds is 4. The molecule has 0 unspecified atom stereocenters. The Kier molecular flexibility index (Phi) is 2.87. The van der Waals surface area contributed by atoms with Crippen molar-refractivity contribution in [2.45, 2.75) is 25.8 Å². The molecule has 0 radical (unpaired) electrons. The Bertz CT molecular complexity index is 214. The molecule has 0 amide bonds. The molecule has 0 aliphatic heterocycles. The zero-order valence-electron chi connectivity index (χ0n) is 8.04. The first kappa shape index (κ1) is 9.26. The predicted octanol–water partition coefficient (Wildman–Crippen LogP) is 1.23. The van der Waals surface area contributed by atoms with Gasteiger partial charge in [-0.1, -0.05) is 0 Å². The van der Waals surface area contributed by atoms with E-state index in [0.29, 0.717) is 0 Å². The van der Waals surface area contributed by atoms with E-state index in [1.165, 1.54) is 0 Å². The van der Waals surface area contributed by atoms with Crippen LogP contribution in [0.4, 0.5) is 0 Å². The lowest BCUT2D eigenvalue weighted by Gasteiger charge is -2.26. The lowest BCUT2D eigenvalue weighted by molar-refractivity contribution is 0.324. The number of nitrogens with zero attached hydrogens (tertiary/aromatic N) is 2. The Morgan fingerprint density at radius 1 is 1.50 bits per heavy atom. The number of imidazole rings is 1. The van der Waals surface area contributed by atoms with Gasteiger partial charge in [0.1, 0.15) is 0 Å². The molecule has 0 bridgehead atoms. The fraction of sp³-hybridized carbons (Fsp3) is 0.667. The van der Waals surface area contributed by atoms with Gasteiger partial charge in [-0.15, -0.1) is 0 Å². The Balaban J connectivity index is 2.59. The van der Waals surface area contributed by atoms with Gasteiger partial charge in [0.15, 0.2) is 0 Å². The van der Waals surface area contributed by atoms with Crippen molar-refractivity contribution in [3.05, 3.63) is 18.7 Å². The Morgan fingerprint density at radius 2 is 2.25 bits per heavy atom. The minimum absolute atomic E-state index is 0.166. The van der Waals surface area contributed by atoms with Crippen LogP contribution in [0.15, 0.2) is 18.7 Å². The molecule has 1 heterocycles.